The van der Waals surface area contributed by atoms with Crippen LogP contribution in [-0.4, -0.2) is 32.0 Å². The number of methoxy groups -OCH3 is 1. The van der Waals surface area contributed by atoms with Crippen LogP contribution in [0.4, 0.5) is 0 Å². The standard InChI is InChI=1S/C19H23BO4/c1-13(2)24-19-10-16(7-8-18(19)22-3)14-5-4-6-15(9-14)17-11-20(21)23-12-17/h4-10,13,17,21H,11-12H2,1-3H3/t17-/m1/s1. The number of benzene rings is 2. The Balaban J connectivity index is 1.91. The van der Waals surface area contributed by atoms with E-state index < -0.39 is 7.12 Å². The summed E-state index contributed by atoms with van der Waals surface area (Å²) in [4.78, 5) is 0. The molecular weight excluding hydrogens is 303 g/mol. The van der Waals surface area contributed by atoms with Gasteiger partial charge < -0.3 is 19.2 Å². The van der Waals surface area contributed by atoms with Crippen LogP contribution in [0.25, 0.3) is 11.1 Å². The van der Waals surface area contributed by atoms with E-state index in [2.05, 4.69) is 18.2 Å². The van der Waals surface area contributed by atoms with Crippen LogP contribution in [0.3, 0.4) is 0 Å². The Bertz CT molecular complexity index is 702. The SMILES string of the molecule is COc1ccc(-c2cccc([C@H]3COB(O)C3)c2)cc1OC(C)C. The summed E-state index contributed by atoms with van der Waals surface area (Å²) in [7, 11) is 1.000. The molecule has 0 aliphatic carbocycles. The van der Waals surface area contributed by atoms with E-state index in [-0.39, 0.29) is 12.0 Å². The summed E-state index contributed by atoms with van der Waals surface area (Å²) in [5, 5.41) is 9.57. The third-order valence-corrected chi connectivity index (χ3v) is 4.19. The lowest BCUT2D eigenvalue weighted by atomic mass is 9.79. The van der Waals surface area contributed by atoms with Gasteiger partial charge in [0.1, 0.15) is 0 Å². The zero-order valence-electron chi connectivity index (χ0n) is 14.4. The molecule has 126 valence electrons. The second-order valence-corrected chi connectivity index (χ2v) is 6.38. The fourth-order valence-corrected chi connectivity index (χ4v) is 3.01. The zero-order chi connectivity index (χ0) is 17.1. The molecule has 24 heavy (non-hydrogen) atoms. The van der Waals surface area contributed by atoms with E-state index in [1.807, 2.05) is 38.1 Å². The smallest absolute Gasteiger partial charge is 0.454 e. The van der Waals surface area contributed by atoms with E-state index >= 15 is 0 Å². The molecule has 0 unspecified atom stereocenters. The van der Waals surface area contributed by atoms with Gasteiger partial charge in [-0.15, -0.1) is 0 Å². The molecule has 0 aromatic heterocycles. The van der Waals surface area contributed by atoms with Crippen molar-refractivity contribution in [3.05, 3.63) is 48.0 Å². The molecular formula is C19H23BO4. The molecule has 0 amide bonds. The van der Waals surface area contributed by atoms with Crippen molar-refractivity contribution in [1.82, 2.24) is 0 Å². The van der Waals surface area contributed by atoms with Crippen LogP contribution in [0.5, 0.6) is 11.5 Å². The van der Waals surface area contributed by atoms with Crippen molar-refractivity contribution in [1.29, 1.82) is 0 Å². The van der Waals surface area contributed by atoms with Gasteiger partial charge in [-0.25, -0.2) is 0 Å². The topological polar surface area (TPSA) is 47.9 Å². The molecule has 1 fully saturated rings. The lowest BCUT2D eigenvalue weighted by Gasteiger charge is -2.15. The molecule has 1 atom stereocenters. The summed E-state index contributed by atoms with van der Waals surface area (Å²) in [6.07, 6.45) is 0.728. The summed E-state index contributed by atoms with van der Waals surface area (Å²) in [5.74, 6) is 1.72. The van der Waals surface area contributed by atoms with Crippen LogP contribution in [0.15, 0.2) is 42.5 Å². The molecule has 1 saturated heterocycles. The predicted molar refractivity (Wildman–Crippen MR) is 95.7 cm³/mol. The van der Waals surface area contributed by atoms with Crippen LogP contribution in [0.2, 0.25) is 6.32 Å². The summed E-state index contributed by atoms with van der Waals surface area (Å²) in [6, 6.07) is 14.3. The minimum atomic E-state index is -0.648. The Labute approximate surface area is 143 Å². The van der Waals surface area contributed by atoms with E-state index in [0.717, 1.165) is 22.6 Å². The molecule has 2 aromatic carbocycles. The van der Waals surface area contributed by atoms with Crippen LogP contribution < -0.4 is 9.47 Å². The van der Waals surface area contributed by atoms with Gasteiger partial charge in [-0.05, 0) is 49.0 Å². The maximum atomic E-state index is 9.57. The molecule has 4 nitrogen and oxygen atoms in total. The van der Waals surface area contributed by atoms with Gasteiger partial charge >= 0.3 is 7.12 Å². The average molecular weight is 326 g/mol. The largest absolute Gasteiger partial charge is 0.493 e. The van der Waals surface area contributed by atoms with Crippen molar-refractivity contribution in [2.75, 3.05) is 13.7 Å². The summed E-state index contributed by atoms with van der Waals surface area (Å²) < 4.78 is 16.5. The number of rotatable bonds is 5. The molecule has 2 aromatic rings. The quantitative estimate of drug-likeness (QED) is 0.850. The first-order valence-electron chi connectivity index (χ1n) is 8.31. The molecule has 1 aliphatic heterocycles. The predicted octanol–water partition coefficient (Wildman–Crippen LogP) is 3.74. The fourth-order valence-electron chi connectivity index (χ4n) is 3.01. The van der Waals surface area contributed by atoms with Gasteiger partial charge in [-0.1, -0.05) is 30.3 Å². The molecule has 5 heteroatoms. The molecule has 0 bridgehead atoms. The van der Waals surface area contributed by atoms with E-state index in [4.69, 9.17) is 14.1 Å². The minimum absolute atomic E-state index is 0.0811. The van der Waals surface area contributed by atoms with Gasteiger partial charge in [0.2, 0.25) is 0 Å². The van der Waals surface area contributed by atoms with Crippen molar-refractivity contribution in [3.63, 3.8) is 0 Å². The number of hydrogen-bond donors (Lipinski definition) is 1. The van der Waals surface area contributed by atoms with Gasteiger partial charge in [0.15, 0.2) is 11.5 Å². The summed E-state index contributed by atoms with van der Waals surface area (Å²) in [5.41, 5.74) is 3.38. The number of hydrogen-bond acceptors (Lipinski definition) is 4. The highest BCUT2D eigenvalue weighted by Crippen LogP contribution is 2.35. The Hall–Kier alpha value is -1.98. The first-order valence-corrected chi connectivity index (χ1v) is 8.31. The summed E-state index contributed by atoms with van der Waals surface area (Å²) in [6.45, 7) is 4.56. The average Bonchev–Trinajstić information content (AvgIpc) is 3.01. The van der Waals surface area contributed by atoms with Crippen molar-refractivity contribution >= 4 is 7.12 Å². The molecule has 0 saturated carbocycles. The summed E-state index contributed by atoms with van der Waals surface area (Å²) >= 11 is 0. The second kappa shape index (κ2) is 7.28. The third kappa shape index (κ3) is 3.74. The maximum absolute atomic E-state index is 9.57. The van der Waals surface area contributed by atoms with E-state index in [9.17, 15) is 5.02 Å². The van der Waals surface area contributed by atoms with Crippen LogP contribution in [0, 0.1) is 0 Å². The lowest BCUT2D eigenvalue weighted by Crippen LogP contribution is -2.07. The highest BCUT2D eigenvalue weighted by molar-refractivity contribution is 6.43. The van der Waals surface area contributed by atoms with Crippen molar-refractivity contribution in [2.24, 2.45) is 0 Å². The Morgan fingerprint density at radius 1 is 1.12 bits per heavy atom. The van der Waals surface area contributed by atoms with Crippen LogP contribution in [0.1, 0.15) is 25.3 Å². The van der Waals surface area contributed by atoms with Gasteiger partial charge in [-0.3, -0.25) is 0 Å². The molecule has 0 spiro atoms. The highest BCUT2D eigenvalue weighted by atomic mass is 16.5. The van der Waals surface area contributed by atoms with Gasteiger partial charge in [-0.2, -0.15) is 0 Å². The highest BCUT2D eigenvalue weighted by Gasteiger charge is 2.29. The van der Waals surface area contributed by atoms with E-state index in [0.29, 0.717) is 12.9 Å². The van der Waals surface area contributed by atoms with Crippen LogP contribution >= 0.6 is 0 Å². The molecule has 1 N–H and O–H groups in total. The van der Waals surface area contributed by atoms with Gasteiger partial charge in [0, 0.05) is 12.5 Å². The monoisotopic (exact) mass is 326 g/mol. The Morgan fingerprint density at radius 2 is 1.92 bits per heavy atom. The molecule has 1 aliphatic rings. The van der Waals surface area contributed by atoms with E-state index in [1.165, 1.54) is 5.56 Å². The maximum Gasteiger partial charge on any atom is 0.454 e. The molecule has 0 radical (unpaired) electrons. The van der Waals surface area contributed by atoms with Crippen molar-refractivity contribution in [2.45, 2.75) is 32.2 Å². The molecule has 1 heterocycles. The second-order valence-electron chi connectivity index (χ2n) is 6.38. The zero-order valence-corrected chi connectivity index (χ0v) is 14.4. The van der Waals surface area contributed by atoms with E-state index in [1.54, 1.807) is 7.11 Å². The van der Waals surface area contributed by atoms with Crippen molar-refractivity contribution < 1.29 is 19.2 Å². The minimum Gasteiger partial charge on any atom is -0.493 e. The first-order chi connectivity index (χ1) is 11.6. The fraction of sp³-hybridized carbons (Fsp3) is 0.368. The Kier molecular flexibility index (Phi) is 5.12. The van der Waals surface area contributed by atoms with Crippen molar-refractivity contribution in [3.8, 4) is 22.6 Å². The third-order valence-electron chi connectivity index (χ3n) is 4.19. The normalized spacial score (nSPS) is 17.4. The number of ether oxygens (including phenoxy) is 2. The molecule has 3 rings (SSSR count). The van der Waals surface area contributed by atoms with Gasteiger partial charge in [0.05, 0.1) is 13.2 Å². The Morgan fingerprint density at radius 3 is 2.58 bits per heavy atom. The van der Waals surface area contributed by atoms with Gasteiger partial charge in [0.25, 0.3) is 0 Å². The van der Waals surface area contributed by atoms with Crippen LogP contribution in [-0.2, 0) is 4.65 Å². The lowest BCUT2D eigenvalue weighted by molar-refractivity contribution is 0.230. The first kappa shape index (κ1) is 16.9.